The molecule has 0 aromatic rings. The predicted octanol–water partition coefficient (Wildman–Crippen LogP) is 3.57. The Bertz CT molecular complexity index is 452. The highest BCUT2D eigenvalue weighted by Gasteiger charge is 2.27. The molecule has 2 unspecified atom stereocenters. The van der Waals surface area contributed by atoms with E-state index in [0.717, 1.165) is 38.5 Å². The number of hydrogen-bond donors (Lipinski definition) is 0. The molecule has 0 aliphatic carbocycles. The van der Waals surface area contributed by atoms with E-state index >= 15 is 0 Å². The zero-order valence-electron chi connectivity index (χ0n) is 14.8. The normalized spacial score (nSPS) is 15.5. The smallest absolute Gasteiger partial charge is 0.266 e. The highest BCUT2D eigenvalue weighted by molar-refractivity contribution is 8.03. The second-order valence-electron chi connectivity index (χ2n) is 6.04. The lowest BCUT2D eigenvalue weighted by molar-refractivity contribution is 0.208. The molecule has 0 amide bonds. The van der Waals surface area contributed by atoms with Crippen LogP contribution < -0.4 is 0 Å². The Balaban J connectivity index is 4.39. The number of rotatable bonds is 14. The molecule has 0 aliphatic rings. The van der Waals surface area contributed by atoms with Crippen LogP contribution in [0, 0.1) is 0 Å². The molecule has 140 valence electrons. The van der Waals surface area contributed by atoms with Gasteiger partial charge in [0, 0.05) is 0 Å². The average molecular weight is 373 g/mol. The fraction of sp³-hybridized carbons (Fsp3) is 1.00. The Morgan fingerprint density at radius 3 is 1.35 bits per heavy atom. The van der Waals surface area contributed by atoms with Crippen molar-refractivity contribution < 1.29 is 25.2 Å². The summed E-state index contributed by atoms with van der Waals surface area (Å²) < 4.78 is 57.2. The molecular weight excluding hydrogens is 340 g/mol. The summed E-state index contributed by atoms with van der Waals surface area (Å²) in [5.41, 5.74) is 0. The summed E-state index contributed by atoms with van der Waals surface area (Å²) in [7, 11) is -8.32. The minimum Gasteiger partial charge on any atom is -0.266 e. The molecule has 0 heterocycles. The van der Waals surface area contributed by atoms with Crippen LogP contribution in [0.2, 0.25) is 0 Å². The lowest BCUT2D eigenvalue weighted by Crippen LogP contribution is -2.26. The first-order valence-corrected chi connectivity index (χ1v) is 11.6. The maximum absolute atomic E-state index is 11.8. The Morgan fingerprint density at radius 2 is 1.04 bits per heavy atom. The summed E-state index contributed by atoms with van der Waals surface area (Å²) >= 11 is 0. The van der Waals surface area contributed by atoms with Gasteiger partial charge in [0.05, 0.1) is 12.2 Å². The summed E-state index contributed by atoms with van der Waals surface area (Å²) in [4.78, 5) is 0. The summed E-state index contributed by atoms with van der Waals surface area (Å²) in [5.74, 6) is 0. The largest absolute Gasteiger partial charge is 0.284 e. The van der Waals surface area contributed by atoms with Gasteiger partial charge in [-0.15, -0.1) is 0 Å². The molecule has 0 radical (unpaired) electrons. The first kappa shape index (κ1) is 22.8. The van der Waals surface area contributed by atoms with Gasteiger partial charge in [-0.2, -0.15) is 16.8 Å². The molecule has 0 N–H and O–H groups in total. The van der Waals surface area contributed by atoms with Gasteiger partial charge in [0.1, 0.15) is 0 Å². The van der Waals surface area contributed by atoms with Crippen molar-refractivity contribution in [1.29, 1.82) is 0 Å². The molecule has 0 saturated carbocycles. The first-order valence-electron chi connectivity index (χ1n) is 8.43. The minimum atomic E-state index is -4.16. The van der Waals surface area contributed by atoms with Gasteiger partial charge in [-0.25, -0.2) is 0 Å². The Kier molecular flexibility index (Phi) is 11.3. The van der Waals surface area contributed by atoms with Gasteiger partial charge >= 0.3 is 0 Å². The van der Waals surface area contributed by atoms with Gasteiger partial charge in [0.25, 0.3) is 20.2 Å². The highest BCUT2D eigenvalue weighted by Crippen LogP contribution is 2.14. The topological polar surface area (TPSA) is 86.7 Å². The number of unbranched alkanes of at least 4 members (excludes halogenated alkanes) is 4. The van der Waals surface area contributed by atoms with Crippen molar-refractivity contribution in [1.82, 2.24) is 0 Å². The molecule has 23 heavy (non-hydrogen) atoms. The molecule has 2 atom stereocenters. The van der Waals surface area contributed by atoms with Gasteiger partial charge in [-0.3, -0.25) is 8.37 Å². The van der Waals surface area contributed by atoms with E-state index in [1.54, 1.807) is 13.8 Å². The predicted molar refractivity (Wildman–Crippen MR) is 92.1 cm³/mol. The van der Waals surface area contributed by atoms with Gasteiger partial charge in [0.2, 0.25) is 5.08 Å². The number of hydrogen-bond acceptors (Lipinski definition) is 6. The molecule has 0 rings (SSSR count). The van der Waals surface area contributed by atoms with E-state index in [2.05, 4.69) is 0 Å². The van der Waals surface area contributed by atoms with Gasteiger partial charge in [-0.05, 0) is 26.7 Å². The zero-order valence-corrected chi connectivity index (χ0v) is 16.4. The van der Waals surface area contributed by atoms with E-state index in [4.69, 9.17) is 8.37 Å². The van der Waals surface area contributed by atoms with Crippen LogP contribution in [0.4, 0.5) is 0 Å². The van der Waals surface area contributed by atoms with Crippen LogP contribution in [0.1, 0.15) is 79.1 Å². The van der Waals surface area contributed by atoms with Crippen LogP contribution in [0.3, 0.4) is 0 Å². The molecule has 0 fully saturated rings. The molecular formula is C15H32O6S2. The third kappa shape index (κ3) is 12.9. The van der Waals surface area contributed by atoms with E-state index in [1.165, 1.54) is 0 Å². The van der Waals surface area contributed by atoms with Crippen molar-refractivity contribution >= 4 is 20.2 Å². The second-order valence-corrected chi connectivity index (χ2v) is 9.60. The Morgan fingerprint density at radius 1 is 0.696 bits per heavy atom. The lowest BCUT2D eigenvalue weighted by Gasteiger charge is -2.15. The van der Waals surface area contributed by atoms with E-state index < -0.39 is 37.5 Å². The Hall–Kier alpha value is -0.180. The lowest BCUT2D eigenvalue weighted by atomic mass is 10.1. The second kappa shape index (κ2) is 11.4. The van der Waals surface area contributed by atoms with E-state index in [-0.39, 0.29) is 0 Å². The van der Waals surface area contributed by atoms with Crippen molar-refractivity contribution in [3.63, 3.8) is 0 Å². The van der Waals surface area contributed by atoms with Crippen LogP contribution in [0.5, 0.6) is 0 Å². The quantitative estimate of drug-likeness (QED) is 0.342. The summed E-state index contributed by atoms with van der Waals surface area (Å²) in [6, 6.07) is 0. The SMILES string of the molecule is CCCCCC(C)OS(=O)(=O)CS(=O)(=O)OC(C)CCCCC. The summed E-state index contributed by atoms with van der Waals surface area (Å²) in [6.07, 6.45) is 5.86. The van der Waals surface area contributed by atoms with Gasteiger partial charge in [0.15, 0.2) is 0 Å². The molecule has 8 heteroatoms. The molecule has 0 saturated heterocycles. The van der Waals surface area contributed by atoms with Crippen molar-refractivity contribution in [3.8, 4) is 0 Å². The molecule has 0 spiro atoms. The van der Waals surface area contributed by atoms with Gasteiger partial charge < -0.3 is 0 Å². The van der Waals surface area contributed by atoms with E-state index in [1.807, 2.05) is 13.8 Å². The van der Waals surface area contributed by atoms with Crippen LogP contribution in [-0.2, 0) is 28.6 Å². The van der Waals surface area contributed by atoms with E-state index in [0.29, 0.717) is 12.8 Å². The molecule has 6 nitrogen and oxygen atoms in total. The monoisotopic (exact) mass is 372 g/mol. The highest BCUT2D eigenvalue weighted by atomic mass is 32.3. The fourth-order valence-corrected chi connectivity index (χ4v) is 5.24. The van der Waals surface area contributed by atoms with Crippen molar-refractivity contribution in [2.24, 2.45) is 0 Å². The third-order valence-electron chi connectivity index (χ3n) is 3.34. The Labute approximate surface area is 142 Å². The average Bonchev–Trinajstić information content (AvgIpc) is 2.36. The first-order chi connectivity index (χ1) is 10.6. The van der Waals surface area contributed by atoms with Crippen LogP contribution in [-0.4, -0.2) is 34.1 Å². The maximum Gasteiger partial charge on any atom is 0.284 e. The van der Waals surface area contributed by atoms with E-state index in [9.17, 15) is 16.8 Å². The maximum atomic E-state index is 11.8. The van der Waals surface area contributed by atoms with Crippen molar-refractivity contribution in [2.45, 2.75) is 91.3 Å². The minimum absolute atomic E-state index is 0.524. The molecule has 0 aliphatic heterocycles. The zero-order chi connectivity index (χ0) is 17.9. The standard InChI is InChI=1S/C15H32O6S2/c1-5-7-9-11-14(3)20-22(16,17)13-23(18,19)21-15(4)12-10-8-6-2/h14-15H,5-13H2,1-4H3. The summed E-state index contributed by atoms with van der Waals surface area (Å²) in [5, 5.41) is -1.13. The molecule has 0 aromatic carbocycles. The van der Waals surface area contributed by atoms with Crippen LogP contribution in [0.25, 0.3) is 0 Å². The van der Waals surface area contributed by atoms with Crippen LogP contribution >= 0.6 is 0 Å². The molecule has 0 aromatic heterocycles. The molecule has 0 bridgehead atoms. The fourth-order valence-electron chi connectivity index (χ4n) is 2.19. The summed E-state index contributed by atoms with van der Waals surface area (Å²) in [6.45, 7) is 7.36. The van der Waals surface area contributed by atoms with Crippen LogP contribution in [0.15, 0.2) is 0 Å². The third-order valence-corrected chi connectivity index (χ3v) is 6.89. The van der Waals surface area contributed by atoms with Crippen molar-refractivity contribution in [3.05, 3.63) is 0 Å². The van der Waals surface area contributed by atoms with Gasteiger partial charge in [-0.1, -0.05) is 52.4 Å². The van der Waals surface area contributed by atoms with Crippen molar-refractivity contribution in [2.75, 3.05) is 5.08 Å².